The zero-order valence-corrected chi connectivity index (χ0v) is 13.7. The summed E-state index contributed by atoms with van der Waals surface area (Å²) in [5, 5.41) is 8.74. The van der Waals surface area contributed by atoms with Crippen LogP contribution in [0.4, 0.5) is 0 Å². The van der Waals surface area contributed by atoms with E-state index >= 15 is 0 Å². The number of fused-ring (bicyclic) bond motifs is 1. The topological polar surface area (TPSA) is 58.5 Å². The largest absolute Gasteiger partial charge is 0.385 e. The Hall–Kier alpha value is -1.57. The molecule has 5 nitrogen and oxygen atoms in total. The average Bonchev–Trinajstić information content (AvgIpc) is 2.93. The number of aromatic nitrogens is 1. The SMILES string of the molecule is COCCCNC(=S)N/N=C(\C)c1nc2ccccc2s1. The molecule has 21 heavy (non-hydrogen) atoms. The van der Waals surface area contributed by atoms with Crippen molar-refractivity contribution in [3.63, 3.8) is 0 Å². The number of ether oxygens (including phenoxy) is 1. The Morgan fingerprint density at radius 1 is 1.43 bits per heavy atom. The molecule has 7 heteroatoms. The van der Waals surface area contributed by atoms with Crippen molar-refractivity contribution >= 4 is 44.6 Å². The predicted molar refractivity (Wildman–Crippen MR) is 92.1 cm³/mol. The molecule has 0 saturated carbocycles. The van der Waals surface area contributed by atoms with Gasteiger partial charge in [-0.15, -0.1) is 11.3 Å². The lowest BCUT2D eigenvalue weighted by atomic mass is 10.3. The van der Waals surface area contributed by atoms with Gasteiger partial charge in [-0.05, 0) is 37.7 Å². The second kappa shape index (κ2) is 8.02. The standard InChI is InChI=1S/C14H18N4OS2/c1-10(17-18-14(20)15-8-5-9-19-2)13-16-11-6-3-4-7-12(11)21-13/h3-4,6-7H,5,8-9H2,1-2H3,(H2,15,18,20)/b17-10+. The van der Waals surface area contributed by atoms with Crippen molar-refractivity contribution in [3.05, 3.63) is 29.3 Å². The summed E-state index contributed by atoms with van der Waals surface area (Å²) in [6.45, 7) is 3.39. The molecule has 2 N–H and O–H groups in total. The number of hydrazone groups is 1. The van der Waals surface area contributed by atoms with Crippen molar-refractivity contribution in [2.24, 2.45) is 5.10 Å². The van der Waals surface area contributed by atoms with Gasteiger partial charge in [-0.1, -0.05) is 12.1 Å². The van der Waals surface area contributed by atoms with Crippen molar-refractivity contribution < 1.29 is 4.74 Å². The van der Waals surface area contributed by atoms with Crippen LogP contribution in [-0.2, 0) is 4.74 Å². The molecule has 0 fully saturated rings. The van der Waals surface area contributed by atoms with E-state index < -0.39 is 0 Å². The molecule has 2 rings (SSSR count). The number of methoxy groups -OCH3 is 1. The van der Waals surface area contributed by atoms with Crippen LogP contribution in [0.3, 0.4) is 0 Å². The summed E-state index contributed by atoms with van der Waals surface area (Å²) in [6.07, 6.45) is 0.902. The molecule has 112 valence electrons. The fourth-order valence-electron chi connectivity index (χ4n) is 1.67. The first-order valence-corrected chi connectivity index (χ1v) is 7.86. The summed E-state index contributed by atoms with van der Waals surface area (Å²) in [6, 6.07) is 8.04. The normalized spacial score (nSPS) is 11.6. The lowest BCUT2D eigenvalue weighted by Crippen LogP contribution is -2.33. The first-order valence-electron chi connectivity index (χ1n) is 6.63. The number of para-hydroxylation sites is 1. The van der Waals surface area contributed by atoms with Gasteiger partial charge in [0.2, 0.25) is 0 Å². The van der Waals surface area contributed by atoms with E-state index in [1.54, 1.807) is 18.4 Å². The molecular weight excluding hydrogens is 304 g/mol. The minimum Gasteiger partial charge on any atom is -0.385 e. The number of nitrogens with one attached hydrogen (secondary N) is 2. The van der Waals surface area contributed by atoms with Gasteiger partial charge in [-0.2, -0.15) is 5.10 Å². The van der Waals surface area contributed by atoms with Gasteiger partial charge in [0, 0.05) is 20.3 Å². The van der Waals surface area contributed by atoms with Gasteiger partial charge >= 0.3 is 0 Å². The third-order valence-electron chi connectivity index (χ3n) is 2.74. The van der Waals surface area contributed by atoms with Gasteiger partial charge in [0.25, 0.3) is 0 Å². The molecule has 0 aliphatic carbocycles. The zero-order chi connectivity index (χ0) is 15.1. The number of nitrogens with zero attached hydrogens (tertiary/aromatic N) is 2. The van der Waals surface area contributed by atoms with Crippen LogP contribution in [0, 0.1) is 0 Å². The second-order valence-electron chi connectivity index (χ2n) is 4.40. The fourth-order valence-corrected chi connectivity index (χ4v) is 2.73. The molecule has 0 aliphatic rings. The molecule has 0 unspecified atom stereocenters. The Labute approximate surface area is 133 Å². The van der Waals surface area contributed by atoms with Crippen LogP contribution in [0.2, 0.25) is 0 Å². The van der Waals surface area contributed by atoms with Gasteiger partial charge in [0.1, 0.15) is 5.01 Å². The highest BCUT2D eigenvalue weighted by atomic mass is 32.1. The molecule has 0 aliphatic heterocycles. The molecule has 0 atom stereocenters. The number of rotatable bonds is 6. The molecule has 0 amide bonds. The fraction of sp³-hybridized carbons (Fsp3) is 0.357. The van der Waals surface area contributed by atoms with E-state index in [0.717, 1.165) is 33.9 Å². The number of thiazole rings is 1. The highest BCUT2D eigenvalue weighted by Crippen LogP contribution is 2.21. The summed E-state index contributed by atoms with van der Waals surface area (Å²) >= 11 is 6.77. The Kier molecular flexibility index (Phi) is 6.04. The Morgan fingerprint density at radius 3 is 3.00 bits per heavy atom. The van der Waals surface area contributed by atoms with Crippen LogP contribution >= 0.6 is 23.6 Å². The average molecular weight is 322 g/mol. The lowest BCUT2D eigenvalue weighted by molar-refractivity contribution is 0.195. The molecular formula is C14H18N4OS2. The van der Waals surface area contributed by atoms with E-state index in [9.17, 15) is 0 Å². The van der Waals surface area contributed by atoms with Crippen LogP contribution in [0.1, 0.15) is 18.4 Å². The van der Waals surface area contributed by atoms with Gasteiger partial charge in [-0.3, -0.25) is 5.43 Å². The third kappa shape index (κ3) is 4.73. The van der Waals surface area contributed by atoms with Gasteiger partial charge < -0.3 is 10.1 Å². The second-order valence-corrected chi connectivity index (χ2v) is 5.84. The van der Waals surface area contributed by atoms with Crippen LogP contribution in [0.5, 0.6) is 0 Å². The molecule has 0 spiro atoms. The maximum atomic E-state index is 5.15. The highest BCUT2D eigenvalue weighted by molar-refractivity contribution is 7.80. The number of hydrogen-bond donors (Lipinski definition) is 2. The van der Waals surface area contributed by atoms with Gasteiger partial charge in [0.05, 0.1) is 15.9 Å². The lowest BCUT2D eigenvalue weighted by Gasteiger charge is -2.06. The van der Waals surface area contributed by atoms with Crippen molar-refractivity contribution in [2.45, 2.75) is 13.3 Å². The summed E-state index contributed by atoms with van der Waals surface area (Å²) in [7, 11) is 1.68. The van der Waals surface area contributed by atoms with E-state index in [-0.39, 0.29) is 0 Å². The number of benzene rings is 1. The van der Waals surface area contributed by atoms with Crippen molar-refractivity contribution in [1.29, 1.82) is 0 Å². The maximum absolute atomic E-state index is 5.15. The van der Waals surface area contributed by atoms with Crippen molar-refractivity contribution in [2.75, 3.05) is 20.3 Å². The van der Waals surface area contributed by atoms with Crippen LogP contribution in [0.25, 0.3) is 10.2 Å². The van der Waals surface area contributed by atoms with Crippen LogP contribution in [-0.4, -0.2) is 36.1 Å². The van der Waals surface area contributed by atoms with E-state index in [1.807, 2.05) is 25.1 Å². The summed E-state index contributed by atoms with van der Waals surface area (Å²) < 4.78 is 6.13. The Balaban J connectivity index is 1.90. The van der Waals surface area contributed by atoms with Crippen LogP contribution < -0.4 is 10.7 Å². The monoisotopic (exact) mass is 322 g/mol. The molecule has 1 heterocycles. The molecule has 1 aromatic heterocycles. The quantitative estimate of drug-likeness (QED) is 0.370. The Bertz CT molecular complexity index is 606. The number of thiocarbonyl (C=S) groups is 1. The minimum absolute atomic E-state index is 0.506. The molecule has 0 bridgehead atoms. The first kappa shape index (κ1) is 15.8. The van der Waals surface area contributed by atoms with Crippen molar-refractivity contribution in [1.82, 2.24) is 15.7 Å². The third-order valence-corrected chi connectivity index (χ3v) is 4.12. The molecule has 1 aromatic carbocycles. The van der Waals surface area contributed by atoms with E-state index in [0.29, 0.717) is 11.7 Å². The Morgan fingerprint density at radius 2 is 2.24 bits per heavy atom. The summed E-state index contributed by atoms with van der Waals surface area (Å²) in [4.78, 5) is 4.54. The smallest absolute Gasteiger partial charge is 0.186 e. The number of hydrogen-bond acceptors (Lipinski definition) is 5. The molecule has 0 radical (unpaired) electrons. The van der Waals surface area contributed by atoms with E-state index in [4.69, 9.17) is 17.0 Å². The minimum atomic E-state index is 0.506. The summed E-state index contributed by atoms with van der Waals surface area (Å²) in [5.41, 5.74) is 4.65. The molecule has 2 aromatic rings. The van der Waals surface area contributed by atoms with Crippen molar-refractivity contribution in [3.8, 4) is 0 Å². The zero-order valence-electron chi connectivity index (χ0n) is 12.0. The van der Waals surface area contributed by atoms with Gasteiger partial charge in [-0.25, -0.2) is 4.98 Å². The molecule has 0 saturated heterocycles. The highest BCUT2D eigenvalue weighted by Gasteiger charge is 2.06. The summed E-state index contributed by atoms with van der Waals surface area (Å²) in [5.74, 6) is 0. The maximum Gasteiger partial charge on any atom is 0.186 e. The first-order chi connectivity index (χ1) is 10.2. The van der Waals surface area contributed by atoms with E-state index in [1.165, 1.54) is 0 Å². The van der Waals surface area contributed by atoms with Crippen LogP contribution in [0.15, 0.2) is 29.4 Å². The van der Waals surface area contributed by atoms with Gasteiger partial charge in [0.15, 0.2) is 5.11 Å². The predicted octanol–water partition coefficient (Wildman–Crippen LogP) is 2.52. The van der Waals surface area contributed by atoms with E-state index in [2.05, 4.69) is 26.9 Å².